The molecule has 0 aromatic rings. The summed E-state index contributed by atoms with van der Waals surface area (Å²) in [6.07, 6.45) is 9.23. The van der Waals surface area contributed by atoms with Crippen molar-refractivity contribution in [3.63, 3.8) is 0 Å². The van der Waals surface area contributed by atoms with E-state index in [9.17, 15) is 0 Å². The van der Waals surface area contributed by atoms with E-state index in [-0.39, 0.29) is 7.43 Å². The Labute approximate surface area is 89.7 Å². The molecule has 0 nitrogen and oxygen atoms in total. The molecule has 0 fully saturated rings. The summed E-state index contributed by atoms with van der Waals surface area (Å²) in [6.45, 7) is 12.2. The van der Waals surface area contributed by atoms with Crippen molar-refractivity contribution >= 4 is 0 Å². The average molecular weight is 192 g/mol. The van der Waals surface area contributed by atoms with Gasteiger partial charge in [0.15, 0.2) is 0 Å². The third kappa shape index (κ3) is 4.86. The fourth-order valence-corrected chi connectivity index (χ4v) is 1.26. The zero-order valence-corrected chi connectivity index (χ0v) is 9.22. The van der Waals surface area contributed by atoms with Crippen LogP contribution in [0.4, 0.5) is 0 Å². The van der Waals surface area contributed by atoms with Crippen molar-refractivity contribution in [1.82, 2.24) is 0 Å². The molecule has 0 saturated carbocycles. The summed E-state index contributed by atoms with van der Waals surface area (Å²) in [6, 6.07) is 0. The standard InChI is InChI=1S/C13H20.CH4/c1-6-9-11(4)12(5)13(8-3)10-7-2;/h6-7,9-10H,1,8H2,2-5H3;1H4/b10-7+,11-9+,13-12+;. The molecule has 0 saturated heterocycles. The highest BCUT2D eigenvalue weighted by Crippen LogP contribution is 2.17. The van der Waals surface area contributed by atoms with Crippen molar-refractivity contribution in [3.05, 3.63) is 47.6 Å². The minimum Gasteiger partial charge on any atom is -0.0991 e. The summed E-state index contributed by atoms with van der Waals surface area (Å²) >= 11 is 0. The summed E-state index contributed by atoms with van der Waals surface area (Å²) in [4.78, 5) is 0. The molecule has 0 aromatic carbocycles. The van der Waals surface area contributed by atoms with Crippen LogP contribution in [0.2, 0.25) is 0 Å². The molecule has 0 aliphatic heterocycles. The van der Waals surface area contributed by atoms with E-state index in [1.54, 1.807) is 0 Å². The zero-order chi connectivity index (χ0) is 10.3. The maximum atomic E-state index is 3.70. The monoisotopic (exact) mass is 192 g/mol. The largest absolute Gasteiger partial charge is 0.0991 e. The topological polar surface area (TPSA) is 0 Å². The molecular weight excluding hydrogens is 168 g/mol. The van der Waals surface area contributed by atoms with Crippen LogP contribution in [0.1, 0.15) is 41.5 Å². The summed E-state index contributed by atoms with van der Waals surface area (Å²) in [5, 5.41) is 0. The first-order valence-electron chi connectivity index (χ1n) is 4.79. The van der Waals surface area contributed by atoms with Crippen LogP contribution in [0.3, 0.4) is 0 Å². The maximum Gasteiger partial charge on any atom is -0.0305 e. The Bertz CT molecular complexity index is 249. The lowest BCUT2D eigenvalue weighted by Crippen LogP contribution is -1.86. The van der Waals surface area contributed by atoms with Crippen LogP contribution in [-0.2, 0) is 0 Å². The van der Waals surface area contributed by atoms with Crippen LogP contribution in [0.25, 0.3) is 0 Å². The van der Waals surface area contributed by atoms with E-state index < -0.39 is 0 Å². The molecule has 0 heterocycles. The van der Waals surface area contributed by atoms with Crippen LogP contribution in [-0.4, -0.2) is 0 Å². The highest BCUT2D eigenvalue weighted by atomic mass is 14.0. The summed E-state index contributed by atoms with van der Waals surface area (Å²) in [5.41, 5.74) is 4.06. The Morgan fingerprint density at radius 3 is 2.21 bits per heavy atom. The van der Waals surface area contributed by atoms with Gasteiger partial charge in [0, 0.05) is 0 Å². The molecule has 0 aliphatic rings. The molecule has 0 rings (SSSR count). The molecule has 80 valence electrons. The molecule has 0 aromatic heterocycles. The van der Waals surface area contributed by atoms with Gasteiger partial charge in [-0.3, -0.25) is 0 Å². The Hall–Kier alpha value is -1.04. The third-order valence-corrected chi connectivity index (χ3v) is 2.19. The molecule has 0 spiro atoms. The predicted octanol–water partition coefficient (Wildman–Crippen LogP) is 5.06. The van der Waals surface area contributed by atoms with Crippen molar-refractivity contribution in [3.8, 4) is 0 Å². The molecule has 0 amide bonds. The number of allylic oxidation sites excluding steroid dienone is 7. The summed E-state index contributed by atoms with van der Waals surface area (Å²) < 4.78 is 0. The van der Waals surface area contributed by atoms with Gasteiger partial charge in [-0.1, -0.05) is 45.2 Å². The Balaban J connectivity index is 0. The SMILES string of the molecule is C.C=C/C=C(C)/C(C)=C(/C=C/C)CC. The van der Waals surface area contributed by atoms with Gasteiger partial charge in [-0.15, -0.1) is 0 Å². The van der Waals surface area contributed by atoms with E-state index in [4.69, 9.17) is 0 Å². The van der Waals surface area contributed by atoms with Crippen LogP contribution < -0.4 is 0 Å². The van der Waals surface area contributed by atoms with Gasteiger partial charge >= 0.3 is 0 Å². The van der Waals surface area contributed by atoms with E-state index in [2.05, 4.69) is 52.5 Å². The lowest BCUT2D eigenvalue weighted by Gasteiger charge is -2.06. The zero-order valence-electron chi connectivity index (χ0n) is 9.22. The van der Waals surface area contributed by atoms with Crippen LogP contribution >= 0.6 is 0 Å². The number of hydrogen-bond acceptors (Lipinski definition) is 0. The Morgan fingerprint density at radius 1 is 1.29 bits per heavy atom. The second-order valence-electron chi connectivity index (χ2n) is 3.09. The molecular formula is C14H24. The van der Waals surface area contributed by atoms with Crippen molar-refractivity contribution < 1.29 is 0 Å². The van der Waals surface area contributed by atoms with Crippen LogP contribution in [0, 0.1) is 0 Å². The first kappa shape index (κ1) is 15.4. The summed E-state index contributed by atoms with van der Waals surface area (Å²) in [5.74, 6) is 0. The fourth-order valence-electron chi connectivity index (χ4n) is 1.26. The maximum absolute atomic E-state index is 3.70. The highest BCUT2D eigenvalue weighted by molar-refractivity contribution is 5.38. The van der Waals surface area contributed by atoms with Crippen molar-refractivity contribution in [2.24, 2.45) is 0 Å². The second kappa shape index (κ2) is 8.55. The molecule has 0 radical (unpaired) electrons. The lowest BCUT2D eigenvalue weighted by atomic mass is 10.0. The quantitative estimate of drug-likeness (QED) is 0.546. The minimum absolute atomic E-state index is 0. The van der Waals surface area contributed by atoms with Gasteiger partial charge in [0.25, 0.3) is 0 Å². The van der Waals surface area contributed by atoms with Gasteiger partial charge in [0.1, 0.15) is 0 Å². The van der Waals surface area contributed by atoms with Crippen molar-refractivity contribution in [2.45, 2.75) is 41.5 Å². The van der Waals surface area contributed by atoms with Gasteiger partial charge in [-0.2, -0.15) is 0 Å². The molecule has 0 heteroatoms. The fraction of sp³-hybridized carbons (Fsp3) is 0.429. The van der Waals surface area contributed by atoms with Gasteiger partial charge in [-0.25, -0.2) is 0 Å². The van der Waals surface area contributed by atoms with E-state index in [1.807, 2.05) is 6.08 Å². The van der Waals surface area contributed by atoms with Gasteiger partial charge in [-0.05, 0) is 43.9 Å². The smallest absolute Gasteiger partial charge is 0.0305 e. The minimum atomic E-state index is 0. The first-order chi connectivity index (χ1) is 6.17. The van der Waals surface area contributed by atoms with Crippen LogP contribution in [0.15, 0.2) is 47.6 Å². The molecule has 0 aliphatic carbocycles. The summed E-state index contributed by atoms with van der Waals surface area (Å²) in [7, 11) is 0. The molecule has 0 unspecified atom stereocenters. The lowest BCUT2D eigenvalue weighted by molar-refractivity contribution is 1.10. The number of rotatable bonds is 4. The van der Waals surface area contributed by atoms with Crippen molar-refractivity contribution in [2.75, 3.05) is 0 Å². The molecule has 0 atom stereocenters. The second-order valence-corrected chi connectivity index (χ2v) is 3.09. The average Bonchev–Trinajstić information content (AvgIpc) is 2.13. The van der Waals surface area contributed by atoms with Crippen molar-refractivity contribution in [1.29, 1.82) is 0 Å². The predicted molar refractivity (Wildman–Crippen MR) is 68.5 cm³/mol. The molecule has 14 heavy (non-hydrogen) atoms. The van der Waals surface area contributed by atoms with E-state index in [0.717, 1.165) is 6.42 Å². The van der Waals surface area contributed by atoms with Crippen LogP contribution in [0.5, 0.6) is 0 Å². The van der Waals surface area contributed by atoms with E-state index in [1.165, 1.54) is 16.7 Å². The Kier molecular flexibility index (Phi) is 9.43. The van der Waals surface area contributed by atoms with E-state index in [0.29, 0.717) is 0 Å². The van der Waals surface area contributed by atoms with Gasteiger partial charge in [0.2, 0.25) is 0 Å². The number of hydrogen-bond donors (Lipinski definition) is 0. The molecule has 0 bridgehead atoms. The first-order valence-corrected chi connectivity index (χ1v) is 4.79. The van der Waals surface area contributed by atoms with Gasteiger partial charge < -0.3 is 0 Å². The Morgan fingerprint density at radius 2 is 1.86 bits per heavy atom. The highest BCUT2D eigenvalue weighted by Gasteiger charge is 1.97. The van der Waals surface area contributed by atoms with E-state index >= 15 is 0 Å². The van der Waals surface area contributed by atoms with Gasteiger partial charge in [0.05, 0.1) is 0 Å². The molecule has 0 N–H and O–H groups in total. The normalized spacial score (nSPS) is 13.6. The third-order valence-electron chi connectivity index (χ3n) is 2.19.